The lowest BCUT2D eigenvalue weighted by Gasteiger charge is -2.25. The Balaban J connectivity index is 1.83. The lowest BCUT2D eigenvalue weighted by molar-refractivity contribution is -0.145. The van der Waals surface area contributed by atoms with Gasteiger partial charge in [0.25, 0.3) is 5.91 Å². The first-order valence-corrected chi connectivity index (χ1v) is 7.98. The summed E-state index contributed by atoms with van der Waals surface area (Å²) in [5, 5.41) is 6.69. The van der Waals surface area contributed by atoms with Crippen LogP contribution >= 0.6 is 0 Å². The van der Waals surface area contributed by atoms with Crippen molar-refractivity contribution in [1.29, 1.82) is 0 Å². The van der Waals surface area contributed by atoms with E-state index < -0.39 is 42.4 Å². The lowest BCUT2D eigenvalue weighted by atomic mass is 10.2. The Hall–Kier alpha value is -3.63. The SMILES string of the molecule is [NH]C(=O)C(CNC(=O)N1CCNC(=O)C1=O)NC(=O)OCc1ccccc1. The minimum absolute atomic E-state index is 0.0254. The fourth-order valence-electron chi connectivity index (χ4n) is 2.18. The molecular weight excluding hydrogens is 358 g/mol. The molecule has 1 heterocycles. The summed E-state index contributed by atoms with van der Waals surface area (Å²) in [6.45, 7) is -0.381. The summed E-state index contributed by atoms with van der Waals surface area (Å²) < 4.78 is 4.95. The van der Waals surface area contributed by atoms with Gasteiger partial charge < -0.3 is 20.7 Å². The number of rotatable bonds is 6. The van der Waals surface area contributed by atoms with E-state index in [2.05, 4.69) is 16.0 Å². The molecule has 0 saturated carbocycles. The fraction of sp³-hybridized carbons (Fsp3) is 0.312. The summed E-state index contributed by atoms with van der Waals surface area (Å²) in [5.74, 6) is -3.09. The fourth-order valence-corrected chi connectivity index (χ4v) is 2.18. The number of urea groups is 1. The van der Waals surface area contributed by atoms with Gasteiger partial charge in [-0.1, -0.05) is 30.3 Å². The Labute approximate surface area is 154 Å². The van der Waals surface area contributed by atoms with E-state index in [0.29, 0.717) is 4.90 Å². The highest BCUT2D eigenvalue weighted by Crippen LogP contribution is 2.01. The molecule has 1 atom stereocenters. The van der Waals surface area contributed by atoms with Crippen molar-refractivity contribution >= 4 is 29.8 Å². The minimum atomic E-state index is -1.37. The highest BCUT2D eigenvalue weighted by atomic mass is 16.5. The van der Waals surface area contributed by atoms with E-state index >= 15 is 0 Å². The predicted octanol–water partition coefficient (Wildman–Crippen LogP) is -1.24. The second-order valence-electron chi connectivity index (χ2n) is 5.52. The quantitative estimate of drug-likeness (QED) is 0.527. The van der Waals surface area contributed by atoms with Crippen LogP contribution in [-0.4, -0.2) is 60.4 Å². The summed E-state index contributed by atoms with van der Waals surface area (Å²) >= 11 is 0. The molecule has 6 amide bonds. The Morgan fingerprint density at radius 2 is 1.93 bits per heavy atom. The van der Waals surface area contributed by atoms with Crippen LogP contribution in [0, 0.1) is 0 Å². The standard InChI is InChI=1S/C16H18N5O6/c17-12(22)11(20-16(26)27-9-10-4-2-1-3-5-10)8-19-15(25)21-7-6-18-13(23)14(21)24/h1-5,11,17H,6-9H2,(H,18,23)(H,19,25)(H,20,26). The molecule has 1 aromatic carbocycles. The summed E-state index contributed by atoms with van der Waals surface area (Å²) in [4.78, 5) is 58.6. The number of alkyl carbamates (subject to hydrolysis) is 1. The Morgan fingerprint density at radius 1 is 1.22 bits per heavy atom. The van der Waals surface area contributed by atoms with Crippen molar-refractivity contribution in [3.05, 3.63) is 35.9 Å². The van der Waals surface area contributed by atoms with Crippen LogP contribution in [0.25, 0.3) is 0 Å². The molecule has 11 nitrogen and oxygen atoms in total. The van der Waals surface area contributed by atoms with Crippen molar-refractivity contribution in [2.75, 3.05) is 19.6 Å². The zero-order valence-electron chi connectivity index (χ0n) is 14.2. The predicted molar refractivity (Wildman–Crippen MR) is 89.8 cm³/mol. The molecule has 1 radical (unpaired) electrons. The van der Waals surface area contributed by atoms with Crippen molar-refractivity contribution in [1.82, 2.24) is 26.6 Å². The van der Waals surface area contributed by atoms with Crippen LogP contribution in [-0.2, 0) is 25.7 Å². The molecule has 0 aromatic heterocycles. The first kappa shape index (κ1) is 19.7. The Bertz CT molecular complexity index is 738. The third-order valence-corrected chi connectivity index (χ3v) is 3.58. The molecule has 27 heavy (non-hydrogen) atoms. The molecule has 2 rings (SSSR count). The van der Waals surface area contributed by atoms with E-state index in [9.17, 15) is 24.0 Å². The molecule has 1 saturated heterocycles. The molecule has 1 aliphatic heterocycles. The van der Waals surface area contributed by atoms with E-state index in [0.717, 1.165) is 5.56 Å². The minimum Gasteiger partial charge on any atom is -0.445 e. The van der Waals surface area contributed by atoms with Gasteiger partial charge in [-0.3, -0.25) is 25.0 Å². The van der Waals surface area contributed by atoms with E-state index in [1.54, 1.807) is 30.3 Å². The van der Waals surface area contributed by atoms with Gasteiger partial charge in [0.2, 0.25) is 0 Å². The van der Waals surface area contributed by atoms with E-state index in [-0.39, 0.29) is 19.7 Å². The number of nitrogens with one attached hydrogen (secondary N) is 4. The molecule has 0 spiro atoms. The maximum Gasteiger partial charge on any atom is 0.408 e. The average Bonchev–Trinajstić information content (AvgIpc) is 2.66. The largest absolute Gasteiger partial charge is 0.445 e. The number of nitrogens with zero attached hydrogens (tertiary/aromatic N) is 1. The number of carbonyl (C=O) groups is 5. The molecule has 1 unspecified atom stereocenters. The number of piperazine rings is 1. The van der Waals surface area contributed by atoms with Crippen molar-refractivity contribution in [3.8, 4) is 0 Å². The zero-order chi connectivity index (χ0) is 19.8. The average molecular weight is 376 g/mol. The van der Waals surface area contributed by atoms with Crippen LogP contribution in [0.15, 0.2) is 30.3 Å². The van der Waals surface area contributed by atoms with Gasteiger partial charge >= 0.3 is 23.9 Å². The van der Waals surface area contributed by atoms with Gasteiger partial charge in [-0.25, -0.2) is 9.59 Å². The number of benzene rings is 1. The lowest BCUT2D eigenvalue weighted by Crippen LogP contribution is -2.58. The van der Waals surface area contributed by atoms with Gasteiger partial charge in [0.1, 0.15) is 12.6 Å². The molecule has 4 N–H and O–H groups in total. The van der Waals surface area contributed by atoms with Crippen molar-refractivity contribution in [3.63, 3.8) is 0 Å². The number of hydrogen-bond acceptors (Lipinski definition) is 6. The molecular formula is C16H18N5O6. The summed E-state index contributed by atoms with van der Waals surface area (Å²) in [7, 11) is 0. The Morgan fingerprint density at radius 3 is 2.59 bits per heavy atom. The second-order valence-corrected chi connectivity index (χ2v) is 5.52. The molecule has 1 fully saturated rings. The second kappa shape index (κ2) is 9.17. The molecule has 1 aliphatic rings. The van der Waals surface area contributed by atoms with Crippen molar-refractivity contribution in [2.24, 2.45) is 0 Å². The van der Waals surface area contributed by atoms with Crippen LogP contribution in [0.2, 0.25) is 0 Å². The van der Waals surface area contributed by atoms with Gasteiger partial charge in [-0.05, 0) is 5.56 Å². The highest BCUT2D eigenvalue weighted by Gasteiger charge is 2.31. The summed E-state index contributed by atoms with van der Waals surface area (Å²) in [6.07, 6.45) is -0.938. The smallest absolute Gasteiger partial charge is 0.408 e. The molecule has 0 bridgehead atoms. The number of ether oxygens (including phenoxy) is 1. The number of hydrogen-bond donors (Lipinski definition) is 3. The first-order valence-electron chi connectivity index (χ1n) is 7.98. The summed E-state index contributed by atoms with van der Waals surface area (Å²) in [5.41, 5.74) is 7.91. The molecule has 143 valence electrons. The third-order valence-electron chi connectivity index (χ3n) is 3.58. The van der Waals surface area contributed by atoms with Crippen molar-refractivity contribution < 1.29 is 28.7 Å². The van der Waals surface area contributed by atoms with Crippen LogP contribution in [0.5, 0.6) is 0 Å². The van der Waals surface area contributed by atoms with Crippen molar-refractivity contribution in [2.45, 2.75) is 12.6 Å². The number of imide groups is 1. The van der Waals surface area contributed by atoms with Crippen LogP contribution in [0.1, 0.15) is 5.56 Å². The Kier molecular flexibility index (Phi) is 6.69. The van der Waals surface area contributed by atoms with Gasteiger partial charge in [0.15, 0.2) is 0 Å². The van der Waals surface area contributed by atoms with E-state index in [1.165, 1.54) is 0 Å². The number of carbonyl (C=O) groups excluding carboxylic acids is 5. The van der Waals surface area contributed by atoms with Crippen LogP contribution in [0.3, 0.4) is 0 Å². The van der Waals surface area contributed by atoms with Crippen LogP contribution < -0.4 is 21.7 Å². The third kappa shape index (κ3) is 5.70. The van der Waals surface area contributed by atoms with Crippen LogP contribution in [0.4, 0.5) is 9.59 Å². The van der Waals surface area contributed by atoms with E-state index in [4.69, 9.17) is 10.5 Å². The molecule has 11 heteroatoms. The molecule has 0 aliphatic carbocycles. The normalized spacial score (nSPS) is 14.7. The maximum absolute atomic E-state index is 12.0. The maximum atomic E-state index is 12.0. The number of amides is 6. The van der Waals surface area contributed by atoms with Gasteiger partial charge in [0.05, 0.1) is 0 Å². The zero-order valence-corrected chi connectivity index (χ0v) is 14.2. The summed E-state index contributed by atoms with van der Waals surface area (Å²) in [6, 6.07) is 6.55. The first-order chi connectivity index (χ1) is 12.9. The van der Waals surface area contributed by atoms with E-state index in [1.807, 2.05) is 0 Å². The van der Waals surface area contributed by atoms with Gasteiger partial charge in [-0.15, -0.1) is 0 Å². The topological polar surface area (TPSA) is 158 Å². The highest BCUT2D eigenvalue weighted by molar-refractivity contribution is 6.38. The molecule has 1 aromatic rings. The van der Waals surface area contributed by atoms with Gasteiger partial charge in [-0.2, -0.15) is 0 Å². The monoisotopic (exact) mass is 376 g/mol. The van der Waals surface area contributed by atoms with Gasteiger partial charge in [0, 0.05) is 19.6 Å².